The fourth-order valence-corrected chi connectivity index (χ4v) is 6.43. The zero-order chi connectivity index (χ0) is 37.0. The summed E-state index contributed by atoms with van der Waals surface area (Å²) in [5.74, 6) is -0.301. The van der Waals surface area contributed by atoms with Crippen molar-refractivity contribution in [3.05, 3.63) is 24.3 Å². The second kappa shape index (κ2) is 29.1. The van der Waals surface area contributed by atoms with Gasteiger partial charge in [-0.05, 0) is 38.5 Å². The topological polar surface area (TPSA) is 192 Å². The minimum Gasteiger partial charge on any atom is -0.394 e. The lowest BCUT2D eigenvalue weighted by Gasteiger charge is -2.41. The lowest BCUT2D eigenvalue weighted by molar-refractivity contribution is -0.298. The van der Waals surface area contributed by atoms with Crippen LogP contribution in [0.15, 0.2) is 24.3 Å². The molecule has 0 aromatic rings. The van der Waals surface area contributed by atoms with Crippen LogP contribution in [0.4, 0.5) is 0 Å². The zero-order valence-electron chi connectivity index (χ0n) is 30.7. The van der Waals surface area contributed by atoms with Crippen LogP contribution in [0.5, 0.6) is 0 Å². The van der Waals surface area contributed by atoms with Gasteiger partial charge in [-0.25, -0.2) is 4.18 Å². The van der Waals surface area contributed by atoms with Crippen LogP contribution < -0.4 is 5.32 Å². The van der Waals surface area contributed by atoms with Gasteiger partial charge in [-0.2, -0.15) is 8.42 Å². The summed E-state index contributed by atoms with van der Waals surface area (Å²) in [5.41, 5.74) is 0. The van der Waals surface area contributed by atoms with Crippen molar-refractivity contribution in [1.29, 1.82) is 0 Å². The van der Waals surface area contributed by atoms with E-state index in [4.69, 9.17) is 14.0 Å². The molecule has 1 heterocycles. The van der Waals surface area contributed by atoms with E-state index >= 15 is 0 Å². The Morgan fingerprint density at radius 2 is 1.28 bits per heavy atom. The molecule has 0 aromatic carbocycles. The number of amides is 1. The van der Waals surface area contributed by atoms with Gasteiger partial charge < -0.3 is 35.2 Å². The Labute approximate surface area is 302 Å². The summed E-state index contributed by atoms with van der Waals surface area (Å²) >= 11 is 0. The maximum absolute atomic E-state index is 12.8. The van der Waals surface area contributed by atoms with Crippen LogP contribution in [0.25, 0.3) is 0 Å². The summed E-state index contributed by atoms with van der Waals surface area (Å²) in [6.07, 6.45) is 21.0. The number of hydrogen-bond donors (Lipinski definition) is 6. The highest BCUT2D eigenvalue weighted by Gasteiger charge is 2.48. The standard InChI is InChI=1S/C37H69NO11S/c1-3-5-7-9-11-13-14-15-16-17-19-20-22-24-26-31(40)30(38-33(41)27-25-23-21-18-12-10-8-6-4-2)29-47-37-35(43)36(49-50(44,45)46)34(42)32(28-39)48-37/h18,21,24,26,30-32,34-37,39-40,42-43H,3-17,19-20,22-23,25,27-29H2,1-2H3,(H,38,41)(H,44,45,46)/b21-18-,26-24+. The average molecular weight is 736 g/mol. The van der Waals surface area contributed by atoms with Crippen LogP contribution in [-0.2, 0) is 28.9 Å². The number of nitrogens with one attached hydrogen (secondary N) is 1. The Morgan fingerprint density at radius 1 is 0.780 bits per heavy atom. The molecule has 294 valence electrons. The fraction of sp³-hybridized carbons (Fsp3) is 0.865. The average Bonchev–Trinajstić information content (AvgIpc) is 3.08. The van der Waals surface area contributed by atoms with E-state index in [0.29, 0.717) is 6.42 Å². The normalized spacial score (nSPS) is 22.7. The molecule has 0 saturated carbocycles. The van der Waals surface area contributed by atoms with Crippen LogP contribution in [-0.4, -0.2) is 95.4 Å². The Morgan fingerprint density at radius 3 is 1.82 bits per heavy atom. The van der Waals surface area contributed by atoms with Gasteiger partial charge in [-0.1, -0.05) is 128 Å². The summed E-state index contributed by atoms with van der Waals surface area (Å²) < 4.78 is 47.3. The molecule has 0 spiro atoms. The lowest BCUT2D eigenvalue weighted by Crippen LogP contribution is -2.61. The van der Waals surface area contributed by atoms with Crippen molar-refractivity contribution in [2.45, 2.75) is 192 Å². The Hall–Kier alpha value is -1.42. The molecular formula is C37H69NO11S. The number of hydrogen-bond acceptors (Lipinski definition) is 10. The van der Waals surface area contributed by atoms with Gasteiger partial charge in [0, 0.05) is 6.42 Å². The molecule has 0 radical (unpaired) electrons. The Kier molecular flexibility index (Phi) is 27.1. The predicted octanol–water partition coefficient (Wildman–Crippen LogP) is 5.82. The molecule has 1 fully saturated rings. The van der Waals surface area contributed by atoms with Crippen LogP contribution >= 0.6 is 0 Å². The van der Waals surface area contributed by atoms with E-state index in [-0.39, 0.29) is 18.9 Å². The molecule has 0 aromatic heterocycles. The van der Waals surface area contributed by atoms with Crippen molar-refractivity contribution in [1.82, 2.24) is 5.32 Å². The summed E-state index contributed by atoms with van der Waals surface area (Å²) in [5, 5.41) is 44.3. The van der Waals surface area contributed by atoms with E-state index in [0.717, 1.165) is 38.5 Å². The number of rotatable bonds is 31. The molecule has 50 heavy (non-hydrogen) atoms. The monoisotopic (exact) mass is 735 g/mol. The molecule has 1 saturated heterocycles. The molecule has 1 rings (SSSR count). The van der Waals surface area contributed by atoms with Gasteiger partial charge in [0.2, 0.25) is 5.91 Å². The summed E-state index contributed by atoms with van der Waals surface area (Å²) in [6.45, 7) is 3.29. The van der Waals surface area contributed by atoms with Crippen LogP contribution in [0.3, 0.4) is 0 Å². The quantitative estimate of drug-likeness (QED) is 0.0286. The first-order valence-corrected chi connectivity index (χ1v) is 20.6. The van der Waals surface area contributed by atoms with Crippen molar-refractivity contribution in [2.75, 3.05) is 13.2 Å². The first kappa shape index (κ1) is 46.6. The van der Waals surface area contributed by atoms with E-state index in [1.807, 2.05) is 6.08 Å². The molecule has 6 N–H and O–H groups in total. The van der Waals surface area contributed by atoms with Gasteiger partial charge >= 0.3 is 10.4 Å². The number of aliphatic hydroxyl groups is 4. The van der Waals surface area contributed by atoms with Gasteiger partial charge in [0.05, 0.1) is 25.4 Å². The van der Waals surface area contributed by atoms with Crippen LogP contribution in [0.1, 0.15) is 149 Å². The van der Waals surface area contributed by atoms with E-state index < -0.39 is 59.9 Å². The van der Waals surface area contributed by atoms with Crippen molar-refractivity contribution in [3.63, 3.8) is 0 Å². The highest BCUT2D eigenvalue weighted by molar-refractivity contribution is 7.80. The molecule has 7 atom stereocenters. The zero-order valence-corrected chi connectivity index (χ0v) is 31.5. The second-order valence-corrected chi connectivity index (χ2v) is 14.6. The SMILES string of the molecule is CCCCCC/C=C\CCCC(=O)NC(COC1OC(CO)C(O)C(OS(=O)(=O)O)C1O)C(O)/C=C/CCCCCCCCCCCCCC. The molecule has 12 nitrogen and oxygen atoms in total. The molecular weight excluding hydrogens is 666 g/mol. The molecule has 0 bridgehead atoms. The maximum atomic E-state index is 12.8. The predicted molar refractivity (Wildman–Crippen MR) is 195 cm³/mol. The first-order chi connectivity index (χ1) is 24.0. The Balaban J connectivity index is 2.66. The van der Waals surface area contributed by atoms with E-state index in [2.05, 4.69) is 35.5 Å². The van der Waals surface area contributed by atoms with Gasteiger partial charge in [-0.3, -0.25) is 9.35 Å². The van der Waals surface area contributed by atoms with Crippen LogP contribution in [0, 0.1) is 0 Å². The summed E-state index contributed by atoms with van der Waals surface area (Å²) in [4.78, 5) is 12.8. The first-order valence-electron chi connectivity index (χ1n) is 19.2. The molecule has 13 heteroatoms. The van der Waals surface area contributed by atoms with E-state index in [1.165, 1.54) is 83.5 Å². The van der Waals surface area contributed by atoms with Gasteiger partial charge in [0.1, 0.15) is 24.4 Å². The smallest absolute Gasteiger partial charge is 0.394 e. The van der Waals surface area contributed by atoms with Crippen LogP contribution in [0.2, 0.25) is 0 Å². The van der Waals surface area contributed by atoms with Crippen molar-refractivity contribution in [2.24, 2.45) is 0 Å². The maximum Gasteiger partial charge on any atom is 0.397 e. The second-order valence-electron chi connectivity index (χ2n) is 13.5. The Bertz CT molecular complexity index is 1010. The highest BCUT2D eigenvalue weighted by atomic mass is 32.3. The van der Waals surface area contributed by atoms with Gasteiger partial charge in [0.25, 0.3) is 0 Å². The largest absolute Gasteiger partial charge is 0.397 e. The third kappa shape index (κ3) is 22.5. The minimum atomic E-state index is -5.08. The van der Waals surface area contributed by atoms with E-state index in [9.17, 15) is 33.6 Å². The third-order valence-corrected chi connectivity index (χ3v) is 9.44. The third-order valence-electron chi connectivity index (χ3n) is 8.98. The van der Waals surface area contributed by atoms with Crippen molar-refractivity contribution < 1.29 is 51.8 Å². The number of carbonyl (C=O) groups excluding carboxylic acids is 1. The van der Waals surface area contributed by atoms with E-state index in [1.54, 1.807) is 6.08 Å². The molecule has 7 unspecified atom stereocenters. The molecule has 0 aliphatic carbocycles. The van der Waals surface area contributed by atoms with Crippen molar-refractivity contribution >= 4 is 16.3 Å². The lowest BCUT2D eigenvalue weighted by atomic mass is 9.99. The molecule has 1 amide bonds. The molecule has 1 aliphatic heterocycles. The fourth-order valence-electron chi connectivity index (χ4n) is 5.93. The number of allylic oxidation sites excluding steroid dienone is 3. The number of ether oxygens (including phenoxy) is 2. The van der Waals surface area contributed by atoms with Gasteiger partial charge in [0.15, 0.2) is 6.29 Å². The van der Waals surface area contributed by atoms with Gasteiger partial charge in [-0.15, -0.1) is 0 Å². The minimum absolute atomic E-state index is 0.220. The summed E-state index contributed by atoms with van der Waals surface area (Å²) in [6, 6.07) is -0.953. The molecule has 1 aliphatic rings. The summed E-state index contributed by atoms with van der Waals surface area (Å²) in [7, 11) is -5.08. The number of carbonyl (C=O) groups is 1. The number of unbranched alkanes of at least 4 members (excludes halogenated alkanes) is 17. The van der Waals surface area contributed by atoms with Crippen molar-refractivity contribution in [3.8, 4) is 0 Å². The highest BCUT2D eigenvalue weighted by Crippen LogP contribution is 2.26. The number of aliphatic hydroxyl groups excluding tert-OH is 4.